The fourth-order valence-corrected chi connectivity index (χ4v) is 4.31. The minimum absolute atomic E-state index is 0. The van der Waals surface area contributed by atoms with Gasteiger partial charge in [-0.3, -0.25) is 0 Å². The van der Waals surface area contributed by atoms with Crippen LogP contribution in [0.3, 0.4) is 0 Å². The molecule has 3 aromatic heterocycles. The average molecular weight is 463 g/mol. The molecule has 4 heterocycles. The first-order valence-electron chi connectivity index (χ1n) is 10.1. The maximum atomic E-state index is 13.1. The van der Waals surface area contributed by atoms with Crippen LogP contribution in [0.1, 0.15) is 30.1 Å². The van der Waals surface area contributed by atoms with Crippen LogP contribution in [0.25, 0.3) is 22.3 Å². The molecule has 0 atom stereocenters. The Labute approximate surface area is 188 Å². The standard InChI is InChI=1S/C22H21F3N6.ClH/c1-30-12-18(15-3-2-4-16(11-15)22(23,24)25)29-20(30)14-6-9-31(10-7-14)21-17-5-8-26-19(17)27-13-28-21;/h2-5,8,11-14H,6-7,9-10H2,1H3,(H,26,27,28);1H. The first kappa shape index (κ1) is 22.1. The van der Waals surface area contributed by atoms with Gasteiger partial charge in [0.15, 0.2) is 0 Å². The van der Waals surface area contributed by atoms with Crippen molar-refractivity contribution in [3.05, 3.63) is 60.4 Å². The lowest BCUT2D eigenvalue weighted by molar-refractivity contribution is -0.137. The molecule has 0 radical (unpaired) electrons. The number of aromatic amines is 1. The highest BCUT2D eigenvalue weighted by Gasteiger charge is 2.31. The number of piperidine rings is 1. The lowest BCUT2D eigenvalue weighted by atomic mass is 9.96. The first-order chi connectivity index (χ1) is 14.9. The summed E-state index contributed by atoms with van der Waals surface area (Å²) in [6.07, 6.45) is 2.65. The zero-order valence-electron chi connectivity index (χ0n) is 17.3. The summed E-state index contributed by atoms with van der Waals surface area (Å²) in [6.45, 7) is 1.65. The fourth-order valence-electron chi connectivity index (χ4n) is 4.31. The lowest BCUT2D eigenvalue weighted by Crippen LogP contribution is -2.34. The van der Waals surface area contributed by atoms with E-state index < -0.39 is 11.7 Å². The number of aromatic nitrogens is 5. The van der Waals surface area contributed by atoms with Crippen molar-refractivity contribution in [3.8, 4) is 11.3 Å². The summed E-state index contributed by atoms with van der Waals surface area (Å²) in [5.41, 5.74) is 1.20. The number of H-pyrrole nitrogens is 1. The lowest BCUT2D eigenvalue weighted by Gasteiger charge is -2.32. The largest absolute Gasteiger partial charge is 0.416 e. The van der Waals surface area contributed by atoms with Crippen LogP contribution in [-0.2, 0) is 13.2 Å². The molecule has 1 aliphatic rings. The molecule has 6 nitrogen and oxygen atoms in total. The molecule has 1 N–H and O–H groups in total. The van der Waals surface area contributed by atoms with Crippen molar-refractivity contribution in [2.75, 3.05) is 18.0 Å². The van der Waals surface area contributed by atoms with Gasteiger partial charge in [-0.25, -0.2) is 15.0 Å². The Morgan fingerprint density at radius 1 is 1.09 bits per heavy atom. The Hall–Kier alpha value is -3.07. The Morgan fingerprint density at radius 2 is 1.88 bits per heavy atom. The van der Waals surface area contributed by atoms with E-state index in [1.54, 1.807) is 12.4 Å². The smallest absolute Gasteiger partial charge is 0.356 e. The number of nitrogens with one attached hydrogen (secondary N) is 1. The van der Waals surface area contributed by atoms with Crippen molar-refractivity contribution < 1.29 is 13.2 Å². The summed E-state index contributed by atoms with van der Waals surface area (Å²) in [4.78, 5) is 18.8. The number of anilines is 1. The molecule has 1 aliphatic heterocycles. The summed E-state index contributed by atoms with van der Waals surface area (Å²) in [7, 11) is 1.90. The maximum absolute atomic E-state index is 13.1. The third-order valence-electron chi connectivity index (χ3n) is 5.89. The van der Waals surface area contributed by atoms with Gasteiger partial charge >= 0.3 is 6.18 Å². The maximum Gasteiger partial charge on any atom is 0.416 e. The fraction of sp³-hybridized carbons (Fsp3) is 0.318. The number of halogens is 4. The van der Waals surface area contributed by atoms with E-state index in [1.807, 2.05) is 30.1 Å². The van der Waals surface area contributed by atoms with E-state index in [1.165, 1.54) is 6.07 Å². The minimum Gasteiger partial charge on any atom is -0.356 e. The molecule has 4 aromatic rings. The molecule has 168 valence electrons. The normalized spacial score (nSPS) is 15.2. The molecular weight excluding hydrogens is 441 g/mol. The van der Waals surface area contributed by atoms with Gasteiger partial charge in [-0.05, 0) is 31.0 Å². The number of nitrogens with zero attached hydrogens (tertiary/aromatic N) is 5. The van der Waals surface area contributed by atoms with Crippen molar-refractivity contribution in [1.82, 2.24) is 24.5 Å². The summed E-state index contributed by atoms with van der Waals surface area (Å²) in [6, 6.07) is 7.32. The van der Waals surface area contributed by atoms with Gasteiger partial charge in [-0.1, -0.05) is 12.1 Å². The Morgan fingerprint density at radius 3 is 2.62 bits per heavy atom. The van der Waals surface area contributed by atoms with Crippen molar-refractivity contribution in [3.63, 3.8) is 0 Å². The highest BCUT2D eigenvalue weighted by atomic mass is 35.5. The van der Waals surface area contributed by atoms with Crippen molar-refractivity contribution in [2.24, 2.45) is 7.05 Å². The number of benzene rings is 1. The highest BCUT2D eigenvalue weighted by Crippen LogP contribution is 2.34. The Bertz CT molecular complexity index is 1220. The quantitative estimate of drug-likeness (QED) is 0.455. The third-order valence-corrected chi connectivity index (χ3v) is 5.89. The summed E-state index contributed by atoms with van der Waals surface area (Å²) in [5.74, 6) is 2.07. The van der Waals surface area contributed by atoms with Gasteiger partial charge in [0, 0.05) is 44.0 Å². The molecule has 0 unspecified atom stereocenters. The molecule has 1 aromatic carbocycles. The van der Waals surface area contributed by atoms with Gasteiger partial charge in [0.2, 0.25) is 0 Å². The summed E-state index contributed by atoms with van der Waals surface area (Å²) < 4.78 is 41.1. The Balaban J connectivity index is 0.00000245. The number of hydrogen-bond acceptors (Lipinski definition) is 4. The minimum atomic E-state index is -4.37. The van der Waals surface area contributed by atoms with Gasteiger partial charge in [-0.15, -0.1) is 12.4 Å². The van der Waals surface area contributed by atoms with Crippen LogP contribution >= 0.6 is 12.4 Å². The SMILES string of the molecule is Cl.Cn1cc(-c2cccc(C(F)(F)F)c2)nc1C1CCN(c2ncnc3[nH]ccc23)CC1. The third kappa shape index (κ3) is 4.04. The van der Waals surface area contributed by atoms with Crippen LogP contribution < -0.4 is 4.90 Å². The van der Waals surface area contributed by atoms with E-state index in [4.69, 9.17) is 4.98 Å². The van der Waals surface area contributed by atoms with Crippen molar-refractivity contribution in [2.45, 2.75) is 24.9 Å². The van der Waals surface area contributed by atoms with Crippen LogP contribution in [0.2, 0.25) is 0 Å². The molecule has 0 aliphatic carbocycles. The molecule has 0 spiro atoms. The first-order valence-corrected chi connectivity index (χ1v) is 10.1. The van der Waals surface area contributed by atoms with E-state index in [0.717, 1.165) is 60.7 Å². The molecule has 32 heavy (non-hydrogen) atoms. The summed E-state index contributed by atoms with van der Waals surface area (Å²) >= 11 is 0. The van der Waals surface area contributed by atoms with Crippen LogP contribution in [0, 0.1) is 0 Å². The predicted molar refractivity (Wildman–Crippen MR) is 119 cm³/mol. The van der Waals surface area contributed by atoms with Gasteiger partial charge < -0.3 is 14.5 Å². The van der Waals surface area contributed by atoms with Crippen LogP contribution in [-0.4, -0.2) is 37.6 Å². The van der Waals surface area contributed by atoms with Gasteiger partial charge in [0.05, 0.1) is 16.6 Å². The number of fused-ring (bicyclic) bond motifs is 1. The molecule has 5 rings (SSSR count). The second-order valence-corrected chi connectivity index (χ2v) is 7.87. The second-order valence-electron chi connectivity index (χ2n) is 7.87. The predicted octanol–water partition coefficient (Wildman–Crippen LogP) is 5.18. The molecule has 0 saturated carbocycles. The number of aryl methyl sites for hydroxylation is 1. The van der Waals surface area contributed by atoms with E-state index >= 15 is 0 Å². The summed E-state index contributed by atoms with van der Waals surface area (Å²) in [5, 5.41) is 1.00. The van der Waals surface area contributed by atoms with Crippen molar-refractivity contribution in [1.29, 1.82) is 0 Å². The number of hydrogen-bond donors (Lipinski definition) is 1. The number of imidazole rings is 1. The molecule has 1 fully saturated rings. The Kier molecular flexibility index (Phi) is 5.85. The number of alkyl halides is 3. The average Bonchev–Trinajstić information content (AvgIpc) is 3.40. The topological polar surface area (TPSA) is 62.6 Å². The van der Waals surface area contributed by atoms with Crippen molar-refractivity contribution >= 4 is 29.3 Å². The molecule has 10 heteroatoms. The van der Waals surface area contributed by atoms with Crippen LogP contribution in [0.15, 0.2) is 49.1 Å². The number of rotatable bonds is 3. The van der Waals surface area contributed by atoms with Crippen LogP contribution in [0.5, 0.6) is 0 Å². The van der Waals surface area contributed by atoms with Crippen LogP contribution in [0.4, 0.5) is 19.0 Å². The second kappa shape index (κ2) is 8.46. The molecule has 0 bridgehead atoms. The highest BCUT2D eigenvalue weighted by molar-refractivity contribution is 5.87. The monoisotopic (exact) mass is 462 g/mol. The van der Waals surface area contributed by atoms with E-state index in [2.05, 4.69) is 19.9 Å². The van der Waals surface area contributed by atoms with Gasteiger partial charge in [0.1, 0.15) is 23.6 Å². The molecular formula is C22H22ClF3N6. The van der Waals surface area contributed by atoms with E-state index in [0.29, 0.717) is 11.3 Å². The zero-order valence-corrected chi connectivity index (χ0v) is 18.1. The van der Waals surface area contributed by atoms with E-state index in [9.17, 15) is 13.2 Å². The molecule has 1 saturated heterocycles. The van der Waals surface area contributed by atoms with E-state index in [-0.39, 0.29) is 18.3 Å². The zero-order chi connectivity index (χ0) is 21.6. The van der Waals surface area contributed by atoms with Gasteiger partial charge in [-0.2, -0.15) is 13.2 Å². The van der Waals surface area contributed by atoms with Gasteiger partial charge in [0.25, 0.3) is 0 Å². The molecule has 0 amide bonds.